The molecule has 0 aromatic rings. The minimum atomic E-state index is 0. The van der Waals surface area contributed by atoms with Crippen LogP contribution in [0.1, 0.15) is 6.42 Å². The minimum absolute atomic E-state index is 0. The van der Waals surface area contributed by atoms with Crippen LogP contribution in [0.5, 0.6) is 0 Å². The fourth-order valence-electron chi connectivity index (χ4n) is 0. The molecule has 0 bridgehead atoms. The van der Waals surface area contributed by atoms with Gasteiger partial charge in [-0.2, -0.15) is 0 Å². The van der Waals surface area contributed by atoms with Crippen molar-refractivity contribution in [3.8, 4) is 0 Å². The molecular formula is C7H18Y3-3. The summed E-state index contributed by atoms with van der Waals surface area (Å²) in [6.45, 7) is 6.75. The summed E-state index contributed by atoms with van der Waals surface area (Å²) >= 11 is 0. The van der Waals surface area contributed by atoms with Crippen molar-refractivity contribution < 1.29 is 98.1 Å². The van der Waals surface area contributed by atoms with Crippen LogP contribution in [0.25, 0.3) is 0 Å². The molecule has 0 spiro atoms. The Bertz CT molecular complexity index is 8.81. The predicted molar refractivity (Wildman–Crippen MR) is 41.0 cm³/mol. The molecule has 0 aromatic heterocycles. The summed E-state index contributed by atoms with van der Waals surface area (Å²) in [5.74, 6) is 0. The molecule has 0 aromatic carbocycles. The van der Waals surface area contributed by atoms with Gasteiger partial charge in [0.05, 0.1) is 0 Å². The van der Waals surface area contributed by atoms with Gasteiger partial charge < -0.3 is 50.0 Å². The van der Waals surface area contributed by atoms with E-state index in [0.29, 0.717) is 0 Å². The molecule has 0 aliphatic rings. The van der Waals surface area contributed by atoms with Gasteiger partial charge in [-0.1, -0.05) is 0 Å². The van der Waals surface area contributed by atoms with Crippen LogP contribution in [0.2, 0.25) is 0 Å². The van der Waals surface area contributed by atoms with E-state index in [9.17, 15) is 0 Å². The summed E-state index contributed by atoms with van der Waals surface area (Å²) in [5, 5.41) is 0. The molecule has 2 radical (unpaired) electrons. The summed E-state index contributed by atoms with van der Waals surface area (Å²) < 4.78 is 0. The zero-order valence-electron chi connectivity index (χ0n) is 7.85. The van der Waals surface area contributed by atoms with Crippen LogP contribution < -0.4 is 0 Å². The van der Waals surface area contributed by atoms with Crippen molar-refractivity contribution in [3.05, 3.63) is 43.6 Å². The molecule has 0 rings (SSSR count). The van der Waals surface area contributed by atoms with Crippen molar-refractivity contribution in [2.24, 2.45) is 0 Å². The number of hydrogen-bond acceptors (Lipinski definition) is 0. The Morgan fingerprint density at radius 3 is 0.700 bits per heavy atom. The number of hydrogen-bond donors (Lipinski definition) is 0. The van der Waals surface area contributed by atoms with Crippen molar-refractivity contribution in [1.82, 2.24) is 0 Å². The quantitative estimate of drug-likeness (QED) is 0.577. The van der Waals surface area contributed by atoms with E-state index >= 15 is 0 Å². The normalized spacial score (nSPS) is 1.80. The second-order valence-electron chi connectivity index (χ2n) is 0.354. The molecule has 10 heavy (non-hydrogen) atoms. The molecule has 0 saturated carbocycles. The van der Waals surface area contributed by atoms with Crippen LogP contribution in [-0.2, 0) is 98.1 Å². The van der Waals surface area contributed by atoms with Gasteiger partial charge in [0.2, 0.25) is 0 Å². The molecule has 0 fully saturated rings. The topological polar surface area (TPSA) is 0 Å². The van der Waals surface area contributed by atoms with Gasteiger partial charge in [-0.15, -0.1) is 0 Å². The maximum Gasteiger partial charge on any atom is 3.00 e. The summed E-state index contributed by atoms with van der Waals surface area (Å²) in [6.07, 6.45) is 0.750. The largest absolute Gasteiger partial charge is 3.00 e. The summed E-state index contributed by atoms with van der Waals surface area (Å²) in [4.78, 5) is 0. The zero-order valence-corrected chi connectivity index (χ0v) is 16.4. The van der Waals surface area contributed by atoms with Crippen molar-refractivity contribution in [2.75, 3.05) is 0 Å². The Morgan fingerprint density at radius 2 is 0.700 bits per heavy atom. The first kappa shape index (κ1) is 71.5. The Kier molecular flexibility index (Phi) is 606. The fraction of sp³-hybridized carbons (Fsp3) is 0.143. The van der Waals surface area contributed by atoms with E-state index in [1.54, 1.807) is 0 Å². The smallest absolute Gasteiger partial charge is 0.372 e. The molecule has 0 atom stereocenters. The zero-order chi connectivity index (χ0) is 2.71. The minimum Gasteiger partial charge on any atom is -0.372 e. The third kappa shape index (κ3) is 110. The average molecular weight is 369 g/mol. The first-order valence-electron chi connectivity index (χ1n) is 1.000. The van der Waals surface area contributed by atoms with Crippen molar-refractivity contribution >= 4 is 0 Å². The Morgan fingerprint density at radius 1 is 0.700 bits per heavy atom. The van der Waals surface area contributed by atoms with Crippen molar-refractivity contribution in [1.29, 1.82) is 0 Å². The second kappa shape index (κ2) is 84.7. The van der Waals surface area contributed by atoms with Crippen LogP contribution in [0.3, 0.4) is 0 Å². The van der Waals surface area contributed by atoms with Crippen LogP contribution in [0.4, 0.5) is 0 Å². The fourth-order valence-corrected chi connectivity index (χ4v) is 0. The van der Waals surface area contributed by atoms with Gasteiger partial charge in [0, 0.05) is 65.4 Å². The van der Waals surface area contributed by atoms with Gasteiger partial charge >= 0.3 is 32.7 Å². The van der Waals surface area contributed by atoms with E-state index < -0.39 is 0 Å². The molecule has 0 saturated heterocycles. The molecule has 0 aliphatic heterocycles. The van der Waals surface area contributed by atoms with Crippen LogP contribution in [0, 0.1) is 43.6 Å². The molecule has 0 amide bonds. The van der Waals surface area contributed by atoms with Gasteiger partial charge in [-0.25, -0.2) is 0 Å². The third-order valence-electron chi connectivity index (χ3n) is 0. The predicted octanol–water partition coefficient (Wildman–Crippen LogP) is 2.84. The first-order valence-corrected chi connectivity index (χ1v) is 1.000. The van der Waals surface area contributed by atoms with Crippen molar-refractivity contribution in [2.45, 2.75) is 6.42 Å². The maximum atomic E-state index is 3.38. The summed E-state index contributed by atoms with van der Waals surface area (Å²) in [7, 11) is 0. The van der Waals surface area contributed by atoms with E-state index in [4.69, 9.17) is 0 Å². The van der Waals surface area contributed by atoms with Crippen LogP contribution >= 0.6 is 0 Å². The van der Waals surface area contributed by atoms with E-state index in [1.807, 2.05) is 0 Å². The second-order valence-corrected chi connectivity index (χ2v) is 0.354. The maximum absolute atomic E-state index is 3.38. The SMILES string of the molecule is [CH2-]C[CH2-].[CH3-].[CH3-].[CH3-].[CH3-].[Y+3].[Y].[Y]. The molecule has 3 heteroatoms. The molecule has 0 nitrogen and oxygen atoms in total. The molecule has 0 unspecified atom stereocenters. The van der Waals surface area contributed by atoms with E-state index in [-0.39, 0.29) is 128 Å². The van der Waals surface area contributed by atoms with Gasteiger partial charge in [0.15, 0.2) is 0 Å². The molecular weight excluding hydrogens is 351 g/mol. The van der Waals surface area contributed by atoms with E-state index in [1.165, 1.54) is 0 Å². The van der Waals surface area contributed by atoms with Crippen LogP contribution in [0.15, 0.2) is 0 Å². The molecule has 0 N–H and O–H groups in total. The Labute approximate surface area is 145 Å². The van der Waals surface area contributed by atoms with Gasteiger partial charge in [-0.05, 0) is 0 Å². The Balaban J connectivity index is -0.000000000952. The molecule has 0 aliphatic carbocycles. The average Bonchev–Trinajstić information content (AvgIpc) is 0.918. The summed E-state index contributed by atoms with van der Waals surface area (Å²) in [5.41, 5.74) is 0. The van der Waals surface area contributed by atoms with Gasteiger partial charge in [0.25, 0.3) is 0 Å². The molecule has 0 heterocycles. The number of rotatable bonds is 0. The van der Waals surface area contributed by atoms with Gasteiger partial charge in [0.1, 0.15) is 0 Å². The Hall–Kier alpha value is 3.31. The standard InChI is InChI=1S/C3H6.4CH3.3Y/c1-3-2;;;;;;;/h1-3H2;4*1H3;;;/q-2;4*-1;;;+3. The third-order valence-corrected chi connectivity index (χ3v) is 0. The summed E-state index contributed by atoms with van der Waals surface area (Å²) in [6, 6.07) is 0. The first-order chi connectivity index (χ1) is 1.41. The van der Waals surface area contributed by atoms with Crippen LogP contribution in [-0.4, -0.2) is 0 Å². The molecule has 58 valence electrons. The monoisotopic (exact) mass is 369 g/mol. The van der Waals surface area contributed by atoms with Gasteiger partial charge in [-0.3, -0.25) is 0 Å². The van der Waals surface area contributed by atoms with E-state index in [0.717, 1.165) is 6.42 Å². The van der Waals surface area contributed by atoms with E-state index in [2.05, 4.69) is 13.8 Å². The van der Waals surface area contributed by atoms with Crippen molar-refractivity contribution in [3.63, 3.8) is 0 Å².